The zero-order chi connectivity index (χ0) is 20.5. The Morgan fingerprint density at radius 1 is 0.929 bits per heavy atom. The summed E-state index contributed by atoms with van der Waals surface area (Å²) in [5.74, 6) is 0.488. The molecule has 1 heterocycles. The molecule has 6 heteroatoms. The Hall–Kier alpha value is -2.18. The molecule has 2 N–H and O–H groups in total. The summed E-state index contributed by atoms with van der Waals surface area (Å²) in [5.41, 5.74) is 3.73. The summed E-state index contributed by atoms with van der Waals surface area (Å²) in [6.45, 7) is 8.28. The van der Waals surface area contributed by atoms with Crippen molar-refractivity contribution in [3.05, 3.63) is 59.2 Å². The van der Waals surface area contributed by atoms with Crippen molar-refractivity contribution in [1.29, 1.82) is 0 Å². The molecule has 0 bridgehead atoms. The second kappa shape index (κ2) is 8.05. The molecule has 150 valence electrons. The van der Waals surface area contributed by atoms with Gasteiger partial charge < -0.3 is 5.32 Å². The second-order valence-electron chi connectivity index (χ2n) is 8.03. The molecule has 0 spiro atoms. The van der Waals surface area contributed by atoms with Crippen molar-refractivity contribution in [2.24, 2.45) is 5.92 Å². The molecule has 1 aliphatic rings. The summed E-state index contributed by atoms with van der Waals surface area (Å²) in [4.78, 5) is 11.7. The van der Waals surface area contributed by atoms with Crippen LogP contribution in [0.5, 0.6) is 0 Å². The minimum Gasteiger partial charge on any atom is -0.326 e. The van der Waals surface area contributed by atoms with Gasteiger partial charge in [-0.05, 0) is 53.1 Å². The molecular formula is C22H28N2O3S. The van der Waals surface area contributed by atoms with Crippen LogP contribution in [0, 0.1) is 5.92 Å². The predicted octanol–water partition coefficient (Wildman–Crippen LogP) is 4.37. The van der Waals surface area contributed by atoms with Gasteiger partial charge in [-0.25, -0.2) is 13.1 Å². The summed E-state index contributed by atoms with van der Waals surface area (Å²) in [6, 6.07) is 12.7. The van der Waals surface area contributed by atoms with E-state index in [0.717, 1.165) is 11.1 Å². The average molecular weight is 401 g/mol. The van der Waals surface area contributed by atoms with Crippen LogP contribution in [-0.4, -0.2) is 14.3 Å². The quantitative estimate of drug-likeness (QED) is 0.756. The number of carbonyl (C=O) groups excluding carboxylic acids is 1. The zero-order valence-electron chi connectivity index (χ0n) is 16.8. The first-order valence-corrected chi connectivity index (χ1v) is 11.2. The lowest BCUT2D eigenvalue weighted by atomic mass is 9.94. The molecule has 0 aromatic heterocycles. The third kappa shape index (κ3) is 4.45. The molecule has 0 fully saturated rings. The fourth-order valence-corrected chi connectivity index (χ4v) is 4.86. The van der Waals surface area contributed by atoms with E-state index in [2.05, 4.69) is 36.0 Å². The van der Waals surface area contributed by atoms with E-state index in [4.69, 9.17) is 0 Å². The third-order valence-electron chi connectivity index (χ3n) is 5.19. The van der Waals surface area contributed by atoms with E-state index in [0.29, 0.717) is 24.4 Å². The molecule has 1 atom stereocenters. The Kier molecular flexibility index (Phi) is 5.91. The van der Waals surface area contributed by atoms with Crippen LogP contribution in [0.1, 0.15) is 62.8 Å². The lowest BCUT2D eigenvalue weighted by molar-refractivity contribution is -0.116. The number of hydrogen-bond donors (Lipinski definition) is 2. The zero-order valence-corrected chi connectivity index (χ0v) is 17.6. The Bertz CT molecular complexity index is 964. The van der Waals surface area contributed by atoms with Crippen molar-refractivity contribution in [2.75, 3.05) is 5.32 Å². The van der Waals surface area contributed by atoms with Crippen LogP contribution in [0.2, 0.25) is 0 Å². The van der Waals surface area contributed by atoms with Crippen molar-refractivity contribution in [3.8, 4) is 0 Å². The topological polar surface area (TPSA) is 75.3 Å². The van der Waals surface area contributed by atoms with E-state index in [9.17, 15) is 13.2 Å². The van der Waals surface area contributed by atoms with Crippen molar-refractivity contribution in [1.82, 2.24) is 4.72 Å². The summed E-state index contributed by atoms with van der Waals surface area (Å²) < 4.78 is 29.0. The number of rotatable bonds is 6. The maximum Gasteiger partial charge on any atom is 0.241 e. The van der Waals surface area contributed by atoms with Gasteiger partial charge in [-0.3, -0.25) is 4.79 Å². The molecule has 1 aliphatic heterocycles. The SMILES string of the molecule is CC(C)c1ccc([C@@H](NS(=O)(=O)c2ccc3c(c2)CCC(=O)N3)C(C)C)cc1. The number of fused-ring (bicyclic) bond motifs is 1. The minimum absolute atomic E-state index is 0.0362. The molecule has 1 amide bonds. The lowest BCUT2D eigenvalue weighted by Crippen LogP contribution is -2.32. The third-order valence-corrected chi connectivity index (χ3v) is 6.63. The molecule has 0 unspecified atom stereocenters. The van der Waals surface area contributed by atoms with Gasteiger partial charge in [-0.2, -0.15) is 0 Å². The van der Waals surface area contributed by atoms with Crippen LogP contribution in [0.15, 0.2) is 47.4 Å². The van der Waals surface area contributed by atoms with Gasteiger partial charge in [0.2, 0.25) is 15.9 Å². The highest BCUT2D eigenvalue weighted by Crippen LogP contribution is 2.29. The van der Waals surface area contributed by atoms with Crippen molar-refractivity contribution >= 4 is 21.6 Å². The number of nitrogens with one attached hydrogen (secondary N) is 2. The number of carbonyl (C=O) groups is 1. The van der Waals surface area contributed by atoms with Crippen LogP contribution in [0.25, 0.3) is 0 Å². The number of sulfonamides is 1. The number of hydrogen-bond acceptors (Lipinski definition) is 3. The van der Waals surface area contributed by atoms with E-state index in [-0.39, 0.29) is 22.8 Å². The largest absolute Gasteiger partial charge is 0.326 e. The lowest BCUT2D eigenvalue weighted by Gasteiger charge is -2.24. The molecule has 0 saturated heterocycles. The Morgan fingerprint density at radius 3 is 2.18 bits per heavy atom. The number of amides is 1. The average Bonchev–Trinajstić information content (AvgIpc) is 2.65. The molecule has 3 rings (SSSR count). The highest BCUT2D eigenvalue weighted by molar-refractivity contribution is 7.89. The maximum atomic E-state index is 13.0. The Balaban J connectivity index is 1.87. The molecule has 0 aliphatic carbocycles. The van der Waals surface area contributed by atoms with Gasteiger partial charge in [0, 0.05) is 18.2 Å². The Morgan fingerprint density at radius 2 is 1.57 bits per heavy atom. The summed E-state index contributed by atoms with van der Waals surface area (Å²) in [7, 11) is -3.69. The minimum atomic E-state index is -3.69. The van der Waals surface area contributed by atoms with Gasteiger partial charge in [0.1, 0.15) is 0 Å². The predicted molar refractivity (Wildman–Crippen MR) is 112 cm³/mol. The number of anilines is 1. The smallest absolute Gasteiger partial charge is 0.241 e. The van der Waals surface area contributed by atoms with E-state index >= 15 is 0 Å². The summed E-state index contributed by atoms with van der Waals surface area (Å²) >= 11 is 0. The van der Waals surface area contributed by atoms with Crippen molar-refractivity contribution in [2.45, 2.75) is 57.4 Å². The highest BCUT2D eigenvalue weighted by atomic mass is 32.2. The fourth-order valence-electron chi connectivity index (χ4n) is 3.44. The molecule has 28 heavy (non-hydrogen) atoms. The van der Waals surface area contributed by atoms with Gasteiger partial charge in [-0.15, -0.1) is 0 Å². The van der Waals surface area contributed by atoms with E-state index in [1.807, 2.05) is 26.0 Å². The number of benzene rings is 2. The van der Waals surface area contributed by atoms with Crippen LogP contribution in [0.3, 0.4) is 0 Å². The van der Waals surface area contributed by atoms with Gasteiger partial charge in [0.25, 0.3) is 0 Å². The molecular weight excluding hydrogens is 372 g/mol. The molecule has 2 aromatic carbocycles. The van der Waals surface area contributed by atoms with Crippen LogP contribution in [0.4, 0.5) is 5.69 Å². The van der Waals surface area contributed by atoms with E-state index in [1.165, 1.54) is 5.56 Å². The first-order chi connectivity index (χ1) is 13.2. The highest BCUT2D eigenvalue weighted by Gasteiger charge is 2.25. The van der Waals surface area contributed by atoms with Crippen molar-refractivity contribution in [3.63, 3.8) is 0 Å². The summed E-state index contributed by atoms with van der Waals surface area (Å²) in [6.07, 6.45) is 0.926. The monoisotopic (exact) mass is 400 g/mol. The first-order valence-electron chi connectivity index (χ1n) is 9.72. The van der Waals surface area contributed by atoms with Gasteiger partial charge in [0.05, 0.1) is 4.90 Å². The summed E-state index contributed by atoms with van der Waals surface area (Å²) in [5, 5.41) is 2.78. The standard InChI is InChI=1S/C22H28N2O3S/c1-14(2)16-5-7-17(8-6-16)22(15(3)4)24-28(26,27)19-10-11-20-18(13-19)9-12-21(25)23-20/h5-8,10-11,13-15,22,24H,9,12H2,1-4H3,(H,23,25)/t22-/m0/s1. The van der Waals surface area contributed by atoms with Crippen LogP contribution < -0.4 is 10.0 Å². The second-order valence-corrected chi connectivity index (χ2v) is 9.75. The molecule has 2 aromatic rings. The van der Waals surface area contributed by atoms with Crippen molar-refractivity contribution < 1.29 is 13.2 Å². The Labute approximate surface area is 167 Å². The fraction of sp³-hybridized carbons (Fsp3) is 0.409. The maximum absolute atomic E-state index is 13.0. The number of aryl methyl sites for hydroxylation is 1. The van der Waals surface area contributed by atoms with Gasteiger partial charge in [0.15, 0.2) is 0 Å². The van der Waals surface area contributed by atoms with Gasteiger partial charge in [-0.1, -0.05) is 52.0 Å². The normalized spacial score (nSPS) is 15.4. The molecule has 0 saturated carbocycles. The van der Waals surface area contributed by atoms with Gasteiger partial charge >= 0.3 is 0 Å². The van der Waals surface area contributed by atoms with Crippen LogP contribution in [-0.2, 0) is 21.2 Å². The molecule has 0 radical (unpaired) electrons. The molecule has 5 nitrogen and oxygen atoms in total. The van der Waals surface area contributed by atoms with Crippen LogP contribution >= 0.6 is 0 Å². The first kappa shape index (κ1) is 20.6. The van der Waals surface area contributed by atoms with E-state index in [1.54, 1.807) is 18.2 Å². The van der Waals surface area contributed by atoms with E-state index < -0.39 is 10.0 Å².